The van der Waals surface area contributed by atoms with E-state index in [-0.39, 0.29) is 0 Å². The van der Waals surface area contributed by atoms with Crippen LogP contribution in [0.15, 0.2) is 49.1 Å². The van der Waals surface area contributed by atoms with E-state index < -0.39 is 0 Å². The Bertz CT molecular complexity index is 1040. The van der Waals surface area contributed by atoms with Crippen molar-refractivity contribution in [3.63, 3.8) is 0 Å². The van der Waals surface area contributed by atoms with Crippen LogP contribution in [-0.2, 0) is 7.05 Å². The molecule has 0 fully saturated rings. The number of aromatic nitrogens is 4. The van der Waals surface area contributed by atoms with Crippen molar-refractivity contribution in [2.45, 2.75) is 13.3 Å². The van der Waals surface area contributed by atoms with Gasteiger partial charge in [-0.05, 0) is 24.6 Å². The van der Waals surface area contributed by atoms with Crippen molar-refractivity contribution in [3.8, 4) is 5.75 Å². The van der Waals surface area contributed by atoms with Crippen LogP contribution in [0.4, 0.5) is 11.5 Å². The first-order chi connectivity index (χ1) is 12.3. The normalized spacial score (nSPS) is 11.1. The van der Waals surface area contributed by atoms with Crippen LogP contribution in [-0.4, -0.2) is 26.1 Å². The summed E-state index contributed by atoms with van der Waals surface area (Å²) in [7, 11) is 2.02. The van der Waals surface area contributed by atoms with Gasteiger partial charge in [-0.1, -0.05) is 6.92 Å². The summed E-state index contributed by atoms with van der Waals surface area (Å²) >= 11 is 0. The monoisotopic (exact) mass is 333 g/mol. The predicted molar refractivity (Wildman–Crippen MR) is 99.3 cm³/mol. The molecule has 4 aromatic rings. The second-order valence-corrected chi connectivity index (χ2v) is 5.90. The number of rotatable bonds is 5. The van der Waals surface area contributed by atoms with Crippen LogP contribution in [0.25, 0.3) is 21.9 Å². The zero-order valence-corrected chi connectivity index (χ0v) is 14.2. The van der Waals surface area contributed by atoms with Gasteiger partial charge in [-0.2, -0.15) is 0 Å². The van der Waals surface area contributed by atoms with Crippen molar-refractivity contribution in [2.24, 2.45) is 7.05 Å². The van der Waals surface area contributed by atoms with Gasteiger partial charge in [0.2, 0.25) is 0 Å². The Labute approximate surface area is 145 Å². The van der Waals surface area contributed by atoms with Crippen molar-refractivity contribution < 1.29 is 4.74 Å². The molecule has 0 saturated heterocycles. The fraction of sp³-hybridized carbons (Fsp3) is 0.211. The lowest BCUT2D eigenvalue weighted by molar-refractivity contribution is 0.316. The molecule has 0 spiro atoms. The summed E-state index contributed by atoms with van der Waals surface area (Å²) in [6.07, 6.45) is 8.12. The number of hydrogen-bond donors (Lipinski definition) is 1. The minimum absolute atomic E-state index is 0.680. The molecule has 6 nitrogen and oxygen atoms in total. The molecule has 0 aliphatic rings. The van der Waals surface area contributed by atoms with Gasteiger partial charge in [0.15, 0.2) is 0 Å². The van der Waals surface area contributed by atoms with E-state index in [1.54, 1.807) is 18.6 Å². The standard InChI is InChI=1S/C19H19N5O/c1-3-8-25-14-9-13(10-21-11-14)22-18-5-4-15-16-12-20-7-6-17(16)24(2)19(15)23-18/h4-7,9-12H,3,8H2,1-2H3,(H,22,23). The summed E-state index contributed by atoms with van der Waals surface area (Å²) < 4.78 is 7.71. The highest BCUT2D eigenvalue weighted by atomic mass is 16.5. The molecule has 25 heavy (non-hydrogen) atoms. The first-order valence-corrected chi connectivity index (χ1v) is 8.30. The molecule has 4 rings (SSSR count). The van der Waals surface area contributed by atoms with Gasteiger partial charge in [-0.15, -0.1) is 0 Å². The number of ether oxygens (including phenoxy) is 1. The van der Waals surface area contributed by atoms with Gasteiger partial charge < -0.3 is 14.6 Å². The quantitative estimate of drug-likeness (QED) is 0.597. The second kappa shape index (κ2) is 6.39. The van der Waals surface area contributed by atoms with Crippen LogP contribution < -0.4 is 10.1 Å². The SMILES string of the molecule is CCCOc1cncc(Nc2ccc3c4cnccc4n(C)c3n2)c1. The van der Waals surface area contributed by atoms with E-state index in [4.69, 9.17) is 9.72 Å². The third-order valence-electron chi connectivity index (χ3n) is 4.10. The Morgan fingerprint density at radius 3 is 2.88 bits per heavy atom. The zero-order chi connectivity index (χ0) is 17.2. The number of hydrogen-bond acceptors (Lipinski definition) is 5. The fourth-order valence-electron chi connectivity index (χ4n) is 2.92. The summed E-state index contributed by atoms with van der Waals surface area (Å²) in [6.45, 7) is 2.76. The average Bonchev–Trinajstić information content (AvgIpc) is 2.93. The van der Waals surface area contributed by atoms with Crippen molar-refractivity contribution in [1.82, 2.24) is 19.5 Å². The Balaban J connectivity index is 1.68. The number of anilines is 2. The van der Waals surface area contributed by atoms with E-state index in [1.807, 2.05) is 31.4 Å². The van der Waals surface area contributed by atoms with Gasteiger partial charge in [-0.25, -0.2) is 4.98 Å². The van der Waals surface area contributed by atoms with E-state index in [9.17, 15) is 0 Å². The molecule has 0 bridgehead atoms. The van der Waals surface area contributed by atoms with Crippen LogP contribution in [0.3, 0.4) is 0 Å². The summed E-state index contributed by atoms with van der Waals surface area (Å²) in [6, 6.07) is 7.97. The van der Waals surface area contributed by atoms with Crippen LogP contribution in [0, 0.1) is 0 Å². The lowest BCUT2D eigenvalue weighted by Crippen LogP contribution is -1.99. The molecular weight excluding hydrogens is 314 g/mol. The third kappa shape index (κ3) is 2.87. The van der Waals surface area contributed by atoms with Crippen molar-refractivity contribution in [2.75, 3.05) is 11.9 Å². The molecule has 6 heteroatoms. The zero-order valence-electron chi connectivity index (χ0n) is 14.2. The van der Waals surface area contributed by atoms with E-state index in [1.165, 1.54) is 0 Å². The maximum absolute atomic E-state index is 5.63. The maximum Gasteiger partial charge on any atom is 0.143 e. The lowest BCUT2D eigenvalue weighted by atomic mass is 10.2. The smallest absolute Gasteiger partial charge is 0.143 e. The molecule has 0 atom stereocenters. The Hall–Kier alpha value is -3.15. The highest BCUT2D eigenvalue weighted by Gasteiger charge is 2.10. The van der Waals surface area contributed by atoms with E-state index >= 15 is 0 Å². The van der Waals surface area contributed by atoms with Gasteiger partial charge in [0.05, 0.1) is 30.2 Å². The summed E-state index contributed by atoms with van der Waals surface area (Å²) in [5, 5.41) is 5.50. The average molecular weight is 333 g/mol. The first-order valence-electron chi connectivity index (χ1n) is 8.30. The van der Waals surface area contributed by atoms with Crippen molar-refractivity contribution in [3.05, 3.63) is 49.1 Å². The second-order valence-electron chi connectivity index (χ2n) is 5.90. The molecule has 4 aromatic heterocycles. The fourth-order valence-corrected chi connectivity index (χ4v) is 2.92. The van der Waals surface area contributed by atoms with E-state index in [0.717, 1.165) is 45.6 Å². The molecule has 1 N–H and O–H groups in total. The summed E-state index contributed by atoms with van der Waals surface area (Å²) in [5.41, 5.74) is 2.88. The largest absolute Gasteiger partial charge is 0.492 e. The lowest BCUT2D eigenvalue weighted by Gasteiger charge is -2.08. The number of nitrogens with one attached hydrogen (secondary N) is 1. The minimum Gasteiger partial charge on any atom is -0.492 e. The van der Waals surface area contributed by atoms with Gasteiger partial charge in [0.1, 0.15) is 17.2 Å². The molecule has 126 valence electrons. The van der Waals surface area contributed by atoms with E-state index in [2.05, 4.69) is 32.8 Å². The van der Waals surface area contributed by atoms with Gasteiger partial charge >= 0.3 is 0 Å². The van der Waals surface area contributed by atoms with Crippen molar-refractivity contribution >= 4 is 33.4 Å². The summed E-state index contributed by atoms with van der Waals surface area (Å²) in [5.74, 6) is 1.52. The molecule has 0 aliphatic carbocycles. The number of aryl methyl sites for hydroxylation is 1. The van der Waals surface area contributed by atoms with Gasteiger partial charge in [-0.3, -0.25) is 9.97 Å². The Kier molecular flexibility index (Phi) is 3.93. The summed E-state index contributed by atoms with van der Waals surface area (Å²) in [4.78, 5) is 13.2. The van der Waals surface area contributed by atoms with Crippen molar-refractivity contribution in [1.29, 1.82) is 0 Å². The number of nitrogens with zero attached hydrogens (tertiary/aromatic N) is 4. The molecule has 4 heterocycles. The molecule has 0 aromatic carbocycles. The van der Waals surface area contributed by atoms with E-state index in [0.29, 0.717) is 6.61 Å². The number of fused-ring (bicyclic) bond motifs is 3. The first kappa shape index (κ1) is 15.4. The molecule has 0 radical (unpaired) electrons. The molecule has 0 unspecified atom stereocenters. The molecular formula is C19H19N5O. The van der Waals surface area contributed by atoms with Crippen LogP contribution in [0.1, 0.15) is 13.3 Å². The highest BCUT2D eigenvalue weighted by molar-refractivity contribution is 6.06. The topological polar surface area (TPSA) is 64.9 Å². The maximum atomic E-state index is 5.63. The number of pyridine rings is 3. The molecule has 0 amide bonds. The van der Waals surface area contributed by atoms with Crippen LogP contribution >= 0.6 is 0 Å². The van der Waals surface area contributed by atoms with Gasteiger partial charge in [0.25, 0.3) is 0 Å². The Morgan fingerprint density at radius 1 is 1.08 bits per heavy atom. The van der Waals surface area contributed by atoms with Gasteiger partial charge in [0, 0.05) is 36.3 Å². The van der Waals surface area contributed by atoms with Crippen LogP contribution in [0.2, 0.25) is 0 Å². The molecule has 0 aliphatic heterocycles. The van der Waals surface area contributed by atoms with Crippen LogP contribution in [0.5, 0.6) is 5.75 Å². The molecule has 0 saturated carbocycles. The predicted octanol–water partition coefficient (Wildman–Crippen LogP) is 4.05. The highest BCUT2D eigenvalue weighted by Crippen LogP contribution is 2.28. The third-order valence-corrected chi connectivity index (χ3v) is 4.10. The minimum atomic E-state index is 0.680. The Morgan fingerprint density at radius 2 is 2.00 bits per heavy atom.